The first-order chi connectivity index (χ1) is 7.85. The maximum Gasteiger partial charge on any atom is 0.192 e. The lowest BCUT2D eigenvalue weighted by Gasteiger charge is -2.05. The number of ether oxygens (including phenoxy) is 1. The first-order valence-electron chi connectivity index (χ1n) is 4.92. The highest BCUT2D eigenvalue weighted by atomic mass is 31.1. The van der Waals surface area contributed by atoms with Crippen LogP contribution in [-0.2, 0) is 4.57 Å². The van der Waals surface area contributed by atoms with Gasteiger partial charge >= 0.3 is 0 Å². The third kappa shape index (κ3) is 2.12. The first-order valence-corrected chi connectivity index (χ1v) is 5.73. The van der Waals surface area contributed by atoms with Crippen LogP contribution in [0.1, 0.15) is 0 Å². The largest absolute Gasteiger partial charge is 0.497 e. The molecule has 16 heavy (non-hydrogen) atoms. The molecule has 0 unspecified atom stereocenters. The molecule has 0 heterocycles. The van der Waals surface area contributed by atoms with Crippen molar-refractivity contribution in [1.29, 1.82) is 0 Å². The second-order valence-electron chi connectivity index (χ2n) is 3.34. The Kier molecular flexibility index (Phi) is 3.33. The molecule has 0 bridgehead atoms. The second-order valence-corrected chi connectivity index (χ2v) is 4.00. The van der Waals surface area contributed by atoms with Crippen LogP contribution in [0.25, 0.3) is 11.1 Å². The fourth-order valence-corrected chi connectivity index (χ4v) is 2.02. The molecule has 0 N–H and O–H groups in total. The molecular weight excluding hydrogens is 219 g/mol. The lowest BCUT2D eigenvalue weighted by atomic mass is 10.1. The standard InChI is InChI=1S/C13H11O2P/c1-15-11-8-6-10(7-9-11)12-4-2-3-5-13(12)16-14/h2-9H,1H3. The van der Waals surface area contributed by atoms with Crippen LogP contribution in [0.3, 0.4) is 0 Å². The monoisotopic (exact) mass is 230 g/mol. The molecule has 80 valence electrons. The van der Waals surface area contributed by atoms with Crippen LogP contribution in [-0.4, -0.2) is 7.11 Å². The van der Waals surface area contributed by atoms with Gasteiger partial charge in [-0.25, -0.2) is 0 Å². The quantitative estimate of drug-likeness (QED) is 0.756. The van der Waals surface area contributed by atoms with Crippen LogP contribution >= 0.6 is 8.46 Å². The van der Waals surface area contributed by atoms with E-state index in [1.54, 1.807) is 7.11 Å². The zero-order valence-corrected chi connectivity index (χ0v) is 9.78. The van der Waals surface area contributed by atoms with Crippen molar-refractivity contribution < 1.29 is 9.30 Å². The first kappa shape index (κ1) is 10.8. The Bertz CT molecular complexity index is 492. The summed E-state index contributed by atoms with van der Waals surface area (Å²) in [6.45, 7) is 0. The molecule has 0 aliphatic rings. The molecule has 2 nitrogen and oxygen atoms in total. The maximum atomic E-state index is 11.0. The zero-order valence-electron chi connectivity index (χ0n) is 8.88. The predicted octanol–water partition coefficient (Wildman–Crippen LogP) is 3.28. The van der Waals surface area contributed by atoms with Crippen LogP contribution in [0.5, 0.6) is 5.75 Å². The molecule has 0 saturated carbocycles. The summed E-state index contributed by atoms with van der Waals surface area (Å²) < 4.78 is 16.1. The van der Waals surface area contributed by atoms with Crippen LogP contribution in [0.4, 0.5) is 0 Å². The summed E-state index contributed by atoms with van der Waals surface area (Å²) in [5.41, 5.74) is 2.03. The van der Waals surface area contributed by atoms with Gasteiger partial charge in [0.2, 0.25) is 0 Å². The Hall–Kier alpha value is -1.66. The molecule has 0 fully saturated rings. The number of benzene rings is 2. The normalized spacial score (nSPS) is 10.3. The zero-order chi connectivity index (χ0) is 11.4. The van der Waals surface area contributed by atoms with Crippen molar-refractivity contribution in [2.75, 3.05) is 7.11 Å². The lowest BCUT2D eigenvalue weighted by Crippen LogP contribution is -1.96. The maximum absolute atomic E-state index is 11.0. The minimum absolute atomic E-state index is 0.0448. The van der Waals surface area contributed by atoms with E-state index in [1.165, 1.54) is 0 Å². The summed E-state index contributed by atoms with van der Waals surface area (Å²) in [5.74, 6) is 0.820. The fourth-order valence-electron chi connectivity index (χ4n) is 1.57. The molecule has 0 aliphatic carbocycles. The van der Waals surface area contributed by atoms with Crippen LogP contribution < -0.4 is 10.0 Å². The molecule has 0 saturated heterocycles. The Balaban J connectivity index is 2.46. The van der Waals surface area contributed by atoms with E-state index in [2.05, 4.69) is 0 Å². The van der Waals surface area contributed by atoms with Gasteiger partial charge < -0.3 is 4.74 Å². The fraction of sp³-hybridized carbons (Fsp3) is 0.0769. The number of rotatable bonds is 3. The number of hydrogen-bond donors (Lipinski definition) is 0. The van der Waals surface area contributed by atoms with E-state index in [0.29, 0.717) is 0 Å². The van der Waals surface area contributed by atoms with Gasteiger partial charge in [-0.2, -0.15) is 0 Å². The van der Waals surface area contributed by atoms with Crippen LogP contribution in [0.15, 0.2) is 48.5 Å². The lowest BCUT2D eigenvalue weighted by molar-refractivity contribution is 0.415. The minimum atomic E-state index is 0.0448. The van der Waals surface area contributed by atoms with Gasteiger partial charge in [-0.05, 0) is 29.3 Å². The van der Waals surface area contributed by atoms with Gasteiger partial charge in [-0.3, -0.25) is 4.57 Å². The number of hydrogen-bond acceptors (Lipinski definition) is 2. The molecule has 2 aromatic carbocycles. The van der Waals surface area contributed by atoms with Crippen LogP contribution in [0, 0.1) is 0 Å². The molecule has 0 spiro atoms. The van der Waals surface area contributed by atoms with Crippen molar-refractivity contribution in [3.8, 4) is 16.9 Å². The Morgan fingerprint density at radius 2 is 1.69 bits per heavy atom. The molecule has 0 aliphatic heterocycles. The Labute approximate surface area is 96.1 Å². The van der Waals surface area contributed by atoms with E-state index in [0.717, 1.165) is 22.2 Å². The van der Waals surface area contributed by atoms with Gasteiger partial charge in [-0.15, -0.1) is 0 Å². The summed E-state index contributed by atoms with van der Waals surface area (Å²) in [7, 11) is 1.68. The summed E-state index contributed by atoms with van der Waals surface area (Å²) >= 11 is 0. The van der Waals surface area contributed by atoms with E-state index in [4.69, 9.17) is 4.74 Å². The van der Waals surface area contributed by atoms with Crippen molar-refractivity contribution in [3.63, 3.8) is 0 Å². The van der Waals surface area contributed by atoms with Crippen molar-refractivity contribution in [2.24, 2.45) is 0 Å². The second kappa shape index (κ2) is 4.91. The van der Waals surface area contributed by atoms with E-state index < -0.39 is 0 Å². The van der Waals surface area contributed by atoms with E-state index >= 15 is 0 Å². The van der Waals surface area contributed by atoms with Gasteiger partial charge in [0.1, 0.15) is 5.75 Å². The van der Waals surface area contributed by atoms with Gasteiger partial charge in [0.15, 0.2) is 8.46 Å². The van der Waals surface area contributed by atoms with E-state index in [-0.39, 0.29) is 8.46 Å². The summed E-state index contributed by atoms with van der Waals surface area (Å²) in [6.07, 6.45) is 0. The third-order valence-electron chi connectivity index (χ3n) is 2.40. The Morgan fingerprint density at radius 1 is 1.00 bits per heavy atom. The Morgan fingerprint density at radius 3 is 2.31 bits per heavy atom. The molecular formula is C13H11O2P. The van der Waals surface area contributed by atoms with Crippen molar-refractivity contribution in [3.05, 3.63) is 48.5 Å². The number of methoxy groups -OCH3 is 1. The van der Waals surface area contributed by atoms with Crippen molar-refractivity contribution in [2.45, 2.75) is 0 Å². The molecule has 0 radical (unpaired) electrons. The third-order valence-corrected chi connectivity index (χ3v) is 2.99. The highest BCUT2D eigenvalue weighted by Gasteiger charge is 2.04. The van der Waals surface area contributed by atoms with E-state index in [9.17, 15) is 4.57 Å². The smallest absolute Gasteiger partial charge is 0.192 e. The predicted molar refractivity (Wildman–Crippen MR) is 65.7 cm³/mol. The van der Waals surface area contributed by atoms with Gasteiger partial charge in [-0.1, -0.05) is 30.3 Å². The summed E-state index contributed by atoms with van der Waals surface area (Å²) in [6, 6.07) is 15.4. The average molecular weight is 230 g/mol. The molecule has 0 amide bonds. The van der Waals surface area contributed by atoms with Crippen LogP contribution in [0.2, 0.25) is 0 Å². The highest BCUT2D eigenvalue weighted by molar-refractivity contribution is 7.34. The van der Waals surface area contributed by atoms with Gasteiger partial charge in [0, 0.05) is 0 Å². The summed E-state index contributed by atoms with van der Waals surface area (Å²) in [5, 5.41) is 0.799. The average Bonchev–Trinajstić information content (AvgIpc) is 2.39. The molecule has 3 heteroatoms. The van der Waals surface area contributed by atoms with Gasteiger partial charge in [0.25, 0.3) is 0 Å². The molecule has 2 aromatic rings. The minimum Gasteiger partial charge on any atom is -0.497 e. The van der Waals surface area contributed by atoms with E-state index in [1.807, 2.05) is 48.5 Å². The highest BCUT2D eigenvalue weighted by Crippen LogP contribution is 2.22. The molecule has 2 rings (SSSR count). The molecule has 0 atom stereocenters. The SMILES string of the molecule is COc1ccc(-c2ccccc2P=O)cc1. The van der Waals surface area contributed by atoms with Crippen molar-refractivity contribution >= 4 is 13.8 Å². The topological polar surface area (TPSA) is 26.3 Å². The summed E-state index contributed by atoms with van der Waals surface area (Å²) in [4.78, 5) is 0. The van der Waals surface area contributed by atoms with Crippen molar-refractivity contribution in [1.82, 2.24) is 0 Å². The molecule has 0 aromatic heterocycles. The van der Waals surface area contributed by atoms with Gasteiger partial charge in [0.05, 0.1) is 12.4 Å².